The molecule has 1 aromatic heterocycles. The predicted octanol–water partition coefficient (Wildman–Crippen LogP) is 3.97. The van der Waals surface area contributed by atoms with Crippen molar-refractivity contribution in [3.8, 4) is 11.3 Å². The SMILES string of the molecule is Fc1ccc2[nH]c(-c3ccccc3)cc2c1. The molecule has 78 valence electrons. The maximum atomic E-state index is 13.0. The Hall–Kier alpha value is -2.09. The molecular formula is C14H10FN. The third kappa shape index (κ3) is 1.48. The van der Waals surface area contributed by atoms with Crippen molar-refractivity contribution in [2.75, 3.05) is 0 Å². The molecule has 0 atom stereocenters. The second kappa shape index (κ2) is 3.49. The Morgan fingerprint density at radius 1 is 0.875 bits per heavy atom. The fourth-order valence-electron chi connectivity index (χ4n) is 1.88. The zero-order chi connectivity index (χ0) is 11.0. The minimum atomic E-state index is -0.203. The Bertz CT molecular complexity index is 626. The Morgan fingerprint density at radius 3 is 2.50 bits per heavy atom. The summed E-state index contributed by atoms with van der Waals surface area (Å²) in [6.45, 7) is 0. The lowest BCUT2D eigenvalue weighted by molar-refractivity contribution is 0.630. The molecule has 0 spiro atoms. The number of aromatic nitrogens is 1. The first-order valence-corrected chi connectivity index (χ1v) is 5.17. The molecule has 0 aliphatic carbocycles. The molecule has 2 aromatic carbocycles. The van der Waals surface area contributed by atoms with Crippen LogP contribution in [0.1, 0.15) is 0 Å². The maximum absolute atomic E-state index is 13.0. The van der Waals surface area contributed by atoms with Gasteiger partial charge in [-0.1, -0.05) is 30.3 Å². The molecule has 0 unspecified atom stereocenters. The fraction of sp³-hybridized carbons (Fsp3) is 0. The van der Waals surface area contributed by atoms with Gasteiger partial charge in [-0.2, -0.15) is 0 Å². The van der Waals surface area contributed by atoms with E-state index in [-0.39, 0.29) is 5.82 Å². The molecule has 3 rings (SSSR count). The molecule has 3 aromatic rings. The number of halogens is 1. The number of rotatable bonds is 1. The summed E-state index contributed by atoms with van der Waals surface area (Å²) >= 11 is 0. The fourth-order valence-corrected chi connectivity index (χ4v) is 1.88. The van der Waals surface area contributed by atoms with Crippen LogP contribution in [0.25, 0.3) is 22.2 Å². The Balaban J connectivity index is 2.19. The smallest absolute Gasteiger partial charge is 0.123 e. The van der Waals surface area contributed by atoms with E-state index < -0.39 is 0 Å². The number of fused-ring (bicyclic) bond motifs is 1. The van der Waals surface area contributed by atoms with Gasteiger partial charge in [0.1, 0.15) is 5.82 Å². The van der Waals surface area contributed by atoms with Crippen LogP contribution in [0.15, 0.2) is 54.6 Å². The summed E-state index contributed by atoms with van der Waals surface area (Å²) in [7, 11) is 0. The lowest BCUT2D eigenvalue weighted by Gasteiger charge is -1.94. The van der Waals surface area contributed by atoms with Crippen LogP contribution in [-0.4, -0.2) is 4.98 Å². The van der Waals surface area contributed by atoms with Crippen LogP contribution in [-0.2, 0) is 0 Å². The quantitative estimate of drug-likeness (QED) is 0.626. The van der Waals surface area contributed by atoms with Gasteiger partial charge in [-0.05, 0) is 29.8 Å². The van der Waals surface area contributed by atoms with E-state index in [1.54, 1.807) is 6.07 Å². The largest absolute Gasteiger partial charge is 0.355 e. The summed E-state index contributed by atoms with van der Waals surface area (Å²) in [4.78, 5) is 3.27. The zero-order valence-corrected chi connectivity index (χ0v) is 8.57. The predicted molar refractivity (Wildman–Crippen MR) is 63.7 cm³/mol. The maximum Gasteiger partial charge on any atom is 0.123 e. The summed E-state index contributed by atoms with van der Waals surface area (Å²) in [5, 5.41) is 0.902. The third-order valence-electron chi connectivity index (χ3n) is 2.67. The van der Waals surface area contributed by atoms with E-state index in [9.17, 15) is 4.39 Å². The average molecular weight is 211 g/mol. The van der Waals surface area contributed by atoms with Crippen LogP contribution < -0.4 is 0 Å². The standard InChI is InChI=1S/C14H10FN/c15-12-6-7-13-11(8-12)9-14(16-13)10-4-2-1-3-5-10/h1-9,16H. The molecule has 0 saturated carbocycles. The van der Waals surface area contributed by atoms with Crippen LogP contribution in [0.4, 0.5) is 4.39 Å². The highest BCUT2D eigenvalue weighted by atomic mass is 19.1. The lowest BCUT2D eigenvalue weighted by Crippen LogP contribution is -1.74. The molecule has 0 amide bonds. The molecule has 1 nitrogen and oxygen atoms in total. The normalized spacial score (nSPS) is 10.8. The summed E-state index contributed by atoms with van der Waals surface area (Å²) in [6, 6.07) is 16.7. The summed E-state index contributed by atoms with van der Waals surface area (Å²) in [6.07, 6.45) is 0. The second-order valence-electron chi connectivity index (χ2n) is 3.78. The highest BCUT2D eigenvalue weighted by Gasteiger charge is 2.03. The first kappa shape index (κ1) is 9.16. The van der Waals surface area contributed by atoms with Crippen molar-refractivity contribution in [3.05, 3.63) is 60.4 Å². The first-order valence-electron chi connectivity index (χ1n) is 5.17. The van der Waals surface area contributed by atoms with E-state index in [1.165, 1.54) is 12.1 Å². The minimum Gasteiger partial charge on any atom is -0.355 e. The molecule has 0 bridgehead atoms. The number of H-pyrrole nitrogens is 1. The van der Waals surface area contributed by atoms with Gasteiger partial charge in [0.2, 0.25) is 0 Å². The monoisotopic (exact) mass is 211 g/mol. The van der Waals surface area contributed by atoms with Crippen molar-refractivity contribution in [2.45, 2.75) is 0 Å². The van der Waals surface area contributed by atoms with E-state index in [2.05, 4.69) is 4.98 Å². The van der Waals surface area contributed by atoms with Gasteiger partial charge < -0.3 is 4.98 Å². The van der Waals surface area contributed by atoms with Crippen molar-refractivity contribution in [2.24, 2.45) is 0 Å². The van der Waals surface area contributed by atoms with Crippen LogP contribution >= 0.6 is 0 Å². The van der Waals surface area contributed by atoms with Crippen LogP contribution in [0.5, 0.6) is 0 Å². The summed E-state index contributed by atoms with van der Waals surface area (Å²) in [5.41, 5.74) is 3.08. The van der Waals surface area contributed by atoms with Gasteiger partial charge in [-0.25, -0.2) is 4.39 Å². The molecule has 1 N–H and O–H groups in total. The Kier molecular flexibility index (Phi) is 2.00. The molecule has 0 aliphatic rings. The van der Waals surface area contributed by atoms with Gasteiger partial charge in [-0.3, -0.25) is 0 Å². The second-order valence-corrected chi connectivity index (χ2v) is 3.78. The van der Waals surface area contributed by atoms with E-state index in [1.807, 2.05) is 36.4 Å². The van der Waals surface area contributed by atoms with Crippen molar-refractivity contribution < 1.29 is 4.39 Å². The van der Waals surface area contributed by atoms with Crippen molar-refractivity contribution >= 4 is 10.9 Å². The van der Waals surface area contributed by atoms with E-state index in [0.29, 0.717) is 0 Å². The van der Waals surface area contributed by atoms with Crippen molar-refractivity contribution in [3.63, 3.8) is 0 Å². The van der Waals surface area contributed by atoms with Gasteiger partial charge in [0.05, 0.1) is 0 Å². The topological polar surface area (TPSA) is 15.8 Å². The van der Waals surface area contributed by atoms with Crippen molar-refractivity contribution in [1.82, 2.24) is 4.98 Å². The van der Waals surface area contributed by atoms with Crippen LogP contribution in [0.3, 0.4) is 0 Å². The molecule has 0 fully saturated rings. The van der Waals surface area contributed by atoms with Gasteiger partial charge >= 0.3 is 0 Å². The highest BCUT2D eigenvalue weighted by Crippen LogP contribution is 2.24. The van der Waals surface area contributed by atoms with Gasteiger partial charge in [-0.15, -0.1) is 0 Å². The molecule has 1 heterocycles. The van der Waals surface area contributed by atoms with E-state index in [0.717, 1.165) is 22.2 Å². The highest BCUT2D eigenvalue weighted by molar-refractivity contribution is 5.85. The number of aromatic amines is 1. The van der Waals surface area contributed by atoms with E-state index >= 15 is 0 Å². The molecular weight excluding hydrogens is 201 g/mol. The molecule has 2 heteroatoms. The number of hydrogen-bond donors (Lipinski definition) is 1. The number of hydrogen-bond acceptors (Lipinski definition) is 0. The molecule has 16 heavy (non-hydrogen) atoms. The molecule has 0 radical (unpaired) electrons. The third-order valence-corrected chi connectivity index (χ3v) is 2.67. The summed E-state index contributed by atoms with van der Waals surface area (Å²) in [5.74, 6) is -0.203. The Morgan fingerprint density at radius 2 is 1.69 bits per heavy atom. The Labute approximate surface area is 92.5 Å². The van der Waals surface area contributed by atoms with E-state index in [4.69, 9.17) is 0 Å². The van der Waals surface area contributed by atoms with Gasteiger partial charge in [0.25, 0.3) is 0 Å². The van der Waals surface area contributed by atoms with Crippen LogP contribution in [0.2, 0.25) is 0 Å². The molecule has 0 aliphatic heterocycles. The lowest BCUT2D eigenvalue weighted by atomic mass is 10.1. The van der Waals surface area contributed by atoms with Gasteiger partial charge in [0.15, 0.2) is 0 Å². The zero-order valence-electron chi connectivity index (χ0n) is 8.57. The van der Waals surface area contributed by atoms with Gasteiger partial charge in [0, 0.05) is 16.6 Å². The summed E-state index contributed by atoms with van der Waals surface area (Å²) < 4.78 is 13.0. The number of nitrogens with one attached hydrogen (secondary N) is 1. The first-order chi connectivity index (χ1) is 7.83. The minimum absolute atomic E-state index is 0.203. The molecule has 0 saturated heterocycles. The number of benzene rings is 2. The average Bonchev–Trinajstić information content (AvgIpc) is 2.73. The van der Waals surface area contributed by atoms with Crippen LogP contribution in [0, 0.1) is 5.82 Å². The van der Waals surface area contributed by atoms with Crippen molar-refractivity contribution in [1.29, 1.82) is 0 Å².